The fourth-order valence-corrected chi connectivity index (χ4v) is 3.66. The van der Waals surface area contributed by atoms with Gasteiger partial charge in [0.1, 0.15) is 23.0 Å². The van der Waals surface area contributed by atoms with Crippen LogP contribution in [0.15, 0.2) is 46.8 Å². The lowest BCUT2D eigenvalue weighted by Crippen LogP contribution is -2.25. The number of primary sulfonamides is 1. The van der Waals surface area contributed by atoms with Crippen molar-refractivity contribution < 1.29 is 22.6 Å². The zero-order valence-corrected chi connectivity index (χ0v) is 17.6. The largest absolute Gasteiger partial charge is 0.495 e. The summed E-state index contributed by atoms with van der Waals surface area (Å²) in [6.07, 6.45) is 6.61. The van der Waals surface area contributed by atoms with Crippen LogP contribution < -0.4 is 9.88 Å². The zero-order valence-electron chi connectivity index (χ0n) is 16.8. The Kier molecular flexibility index (Phi) is 8.35. The lowest BCUT2D eigenvalue weighted by atomic mass is 10.1. The number of rotatable bonds is 11. The monoisotopic (exact) mass is 410 g/mol. The molecule has 7 nitrogen and oxygen atoms in total. The van der Waals surface area contributed by atoms with Crippen LogP contribution in [-0.2, 0) is 25.9 Å². The van der Waals surface area contributed by atoms with Gasteiger partial charge in [-0.05, 0) is 50.6 Å². The molecule has 1 aromatic rings. The Bertz CT molecular complexity index is 818. The smallest absolute Gasteiger partial charge is 0.241 e. The maximum atomic E-state index is 11.7. The highest BCUT2D eigenvalue weighted by Gasteiger charge is 2.16. The second-order valence-electron chi connectivity index (χ2n) is 6.59. The number of hydrogen-bond acceptors (Lipinski definition) is 6. The first-order valence-corrected chi connectivity index (χ1v) is 10.9. The van der Waals surface area contributed by atoms with Gasteiger partial charge in [0.2, 0.25) is 10.0 Å². The quantitative estimate of drug-likeness (QED) is 0.602. The molecule has 0 saturated carbocycles. The van der Waals surface area contributed by atoms with Crippen molar-refractivity contribution in [3.63, 3.8) is 0 Å². The summed E-state index contributed by atoms with van der Waals surface area (Å²) in [5, 5.41) is 5.27. The van der Waals surface area contributed by atoms with Crippen molar-refractivity contribution in [3.8, 4) is 5.75 Å². The predicted octanol–water partition coefficient (Wildman–Crippen LogP) is 2.43. The first-order chi connectivity index (χ1) is 13.3. The molecule has 28 heavy (non-hydrogen) atoms. The van der Waals surface area contributed by atoms with Crippen molar-refractivity contribution in [1.82, 2.24) is 4.90 Å². The molecule has 0 atom stereocenters. The Hall–Kier alpha value is -2.03. The van der Waals surface area contributed by atoms with Gasteiger partial charge in [0.05, 0.1) is 13.7 Å². The third kappa shape index (κ3) is 6.54. The van der Waals surface area contributed by atoms with E-state index in [4.69, 9.17) is 19.3 Å². The van der Waals surface area contributed by atoms with Gasteiger partial charge in [-0.3, -0.25) is 0 Å². The summed E-state index contributed by atoms with van der Waals surface area (Å²) in [5.74, 6) is 1.99. The first-order valence-electron chi connectivity index (χ1n) is 9.38. The normalized spacial score (nSPS) is 14.5. The summed E-state index contributed by atoms with van der Waals surface area (Å²) < 4.78 is 40.0. The van der Waals surface area contributed by atoms with Crippen LogP contribution in [0.5, 0.6) is 5.75 Å². The molecule has 0 spiro atoms. The third-order valence-corrected chi connectivity index (χ3v) is 5.38. The number of allylic oxidation sites excluding steroid dienone is 3. The molecule has 0 aliphatic heterocycles. The fourth-order valence-electron chi connectivity index (χ4n) is 2.91. The first kappa shape index (κ1) is 22.3. The number of methoxy groups -OCH3 is 1. The van der Waals surface area contributed by atoms with Gasteiger partial charge in [-0.25, -0.2) is 13.6 Å². The predicted molar refractivity (Wildman–Crippen MR) is 109 cm³/mol. The molecule has 0 fully saturated rings. The van der Waals surface area contributed by atoms with Gasteiger partial charge in [0.15, 0.2) is 5.76 Å². The van der Waals surface area contributed by atoms with Crippen LogP contribution in [0.4, 0.5) is 0 Å². The average molecular weight is 411 g/mol. The highest BCUT2D eigenvalue weighted by Crippen LogP contribution is 2.24. The van der Waals surface area contributed by atoms with E-state index in [0.29, 0.717) is 19.6 Å². The highest BCUT2D eigenvalue weighted by molar-refractivity contribution is 7.89. The number of benzene rings is 1. The average Bonchev–Trinajstić information content (AvgIpc) is 2.67. The molecule has 0 heterocycles. The number of ether oxygens (including phenoxy) is 3. The Balaban J connectivity index is 1.86. The van der Waals surface area contributed by atoms with Crippen molar-refractivity contribution in [1.29, 1.82) is 0 Å². The van der Waals surface area contributed by atoms with E-state index in [1.165, 1.54) is 7.11 Å². The van der Waals surface area contributed by atoms with Crippen LogP contribution in [0.3, 0.4) is 0 Å². The van der Waals surface area contributed by atoms with Crippen molar-refractivity contribution in [2.24, 2.45) is 5.14 Å². The number of nitrogens with zero attached hydrogens (tertiary/aromatic N) is 1. The summed E-state index contributed by atoms with van der Waals surface area (Å²) in [6, 6.07) is 5.06. The number of hydrogen-bond donors (Lipinski definition) is 1. The number of sulfonamides is 1. The van der Waals surface area contributed by atoms with E-state index < -0.39 is 10.0 Å². The van der Waals surface area contributed by atoms with Gasteiger partial charge in [-0.1, -0.05) is 12.1 Å². The topological polar surface area (TPSA) is 91.1 Å². The molecule has 1 aliphatic carbocycles. The van der Waals surface area contributed by atoms with Crippen LogP contribution in [0.1, 0.15) is 25.3 Å². The van der Waals surface area contributed by atoms with E-state index in [0.717, 1.165) is 43.0 Å². The molecule has 0 radical (unpaired) electrons. The molecule has 0 bridgehead atoms. The van der Waals surface area contributed by atoms with Gasteiger partial charge in [0, 0.05) is 19.5 Å². The van der Waals surface area contributed by atoms with E-state index in [2.05, 4.69) is 11.0 Å². The molecule has 0 saturated heterocycles. The molecular formula is C20H30N2O5S. The number of likely N-dealkylation sites (N-methyl/N-ethyl adjacent to an activating group) is 1. The molecule has 2 N–H and O–H groups in total. The summed E-state index contributed by atoms with van der Waals surface area (Å²) in [5.41, 5.74) is 0.883. The van der Waals surface area contributed by atoms with Gasteiger partial charge in [0.25, 0.3) is 0 Å². The van der Waals surface area contributed by atoms with E-state index in [1.54, 1.807) is 12.1 Å². The van der Waals surface area contributed by atoms with Gasteiger partial charge < -0.3 is 19.1 Å². The minimum absolute atomic E-state index is 0.0120. The standard InChI is InChI=1S/C20H30N2O5S/c1-4-26-17-7-5-6-8-18(17)27-14-13-22(2)12-11-16-9-10-19(25-3)20(15-16)28(21,23)24/h6,8-10,15H,4-5,7,11-14H2,1-3H3,(H2,21,23,24). The number of nitrogens with two attached hydrogens (primary N) is 1. The molecule has 8 heteroatoms. The van der Waals surface area contributed by atoms with Crippen LogP contribution in [0.2, 0.25) is 0 Å². The molecule has 0 unspecified atom stereocenters. The zero-order chi connectivity index (χ0) is 20.6. The van der Waals surface area contributed by atoms with E-state index in [9.17, 15) is 8.42 Å². The van der Waals surface area contributed by atoms with Crippen molar-refractivity contribution in [3.05, 3.63) is 47.4 Å². The van der Waals surface area contributed by atoms with Crippen LogP contribution >= 0.6 is 0 Å². The molecule has 2 rings (SSSR count). The van der Waals surface area contributed by atoms with Gasteiger partial charge in [-0.15, -0.1) is 0 Å². The molecular weight excluding hydrogens is 380 g/mol. The van der Waals surface area contributed by atoms with Crippen LogP contribution in [0, 0.1) is 0 Å². The Morgan fingerprint density at radius 1 is 1.21 bits per heavy atom. The molecule has 1 aromatic carbocycles. The lowest BCUT2D eigenvalue weighted by molar-refractivity contribution is 0.143. The Morgan fingerprint density at radius 2 is 2.00 bits per heavy atom. The van der Waals surface area contributed by atoms with Crippen molar-refractivity contribution in [2.45, 2.75) is 31.1 Å². The second kappa shape index (κ2) is 10.5. The highest BCUT2D eigenvalue weighted by atomic mass is 32.2. The second-order valence-corrected chi connectivity index (χ2v) is 8.12. The molecule has 156 valence electrons. The van der Waals surface area contributed by atoms with E-state index in [1.807, 2.05) is 26.1 Å². The Labute approximate surface area is 167 Å². The summed E-state index contributed by atoms with van der Waals surface area (Å²) in [7, 11) is -0.401. The van der Waals surface area contributed by atoms with Crippen molar-refractivity contribution in [2.75, 3.05) is 40.5 Å². The summed E-state index contributed by atoms with van der Waals surface area (Å²) in [6.45, 7) is 4.66. The Morgan fingerprint density at radius 3 is 2.68 bits per heavy atom. The maximum Gasteiger partial charge on any atom is 0.241 e. The lowest BCUT2D eigenvalue weighted by Gasteiger charge is -2.20. The minimum Gasteiger partial charge on any atom is -0.495 e. The molecule has 0 aromatic heterocycles. The summed E-state index contributed by atoms with van der Waals surface area (Å²) in [4.78, 5) is 2.15. The molecule has 1 aliphatic rings. The van der Waals surface area contributed by atoms with Gasteiger partial charge >= 0.3 is 0 Å². The molecule has 0 amide bonds. The third-order valence-electron chi connectivity index (χ3n) is 4.45. The minimum atomic E-state index is -3.83. The van der Waals surface area contributed by atoms with E-state index >= 15 is 0 Å². The van der Waals surface area contributed by atoms with E-state index in [-0.39, 0.29) is 10.6 Å². The maximum absolute atomic E-state index is 11.7. The fraction of sp³-hybridized carbons (Fsp3) is 0.500. The SMILES string of the molecule is CCOC1=C(OCCN(C)CCc2ccc(OC)c(S(N)(=O)=O)c2)C=CCC1. The summed E-state index contributed by atoms with van der Waals surface area (Å²) >= 11 is 0. The van der Waals surface area contributed by atoms with Gasteiger partial charge in [-0.2, -0.15) is 0 Å². The van der Waals surface area contributed by atoms with Crippen LogP contribution in [0.25, 0.3) is 0 Å². The van der Waals surface area contributed by atoms with Crippen LogP contribution in [-0.4, -0.2) is 53.8 Å². The van der Waals surface area contributed by atoms with Crippen molar-refractivity contribution >= 4 is 10.0 Å².